The zero-order chi connectivity index (χ0) is 13.0. The molecular formula is C12H13ClN4O. The molecule has 2 rings (SSSR count). The Balaban J connectivity index is 2.18. The van der Waals surface area contributed by atoms with Gasteiger partial charge in [0.2, 0.25) is 0 Å². The van der Waals surface area contributed by atoms with Crippen LogP contribution in [0.1, 0.15) is 18.5 Å². The zero-order valence-electron chi connectivity index (χ0n) is 10.1. The molecule has 0 aliphatic rings. The van der Waals surface area contributed by atoms with Crippen LogP contribution in [0.5, 0.6) is 6.01 Å². The normalized spacial score (nSPS) is 11.9. The van der Waals surface area contributed by atoms with Crippen molar-refractivity contribution in [1.82, 2.24) is 15.0 Å². The predicted octanol–water partition coefficient (Wildman–Crippen LogP) is 2.71. The SMILES string of the molecule is COc1ncc(Cl)c(NC(C)c2cccnc2)n1. The Morgan fingerprint density at radius 3 is 2.89 bits per heavy atom. The number of halogens is 1. The molecule has 2 heterocycles. The Morgan fingerprint density at radius 1 is 1.39 bits per heavy atom. The van der Waals surface area contributed by atoms with Gasteiger partial charge in [0.15, 0.2) is 5.82 Å². The molecule has 0 amide bonds. The number of hydrogen-bond donors (Lipinski definition) is 1. The highest BCUT2D eigenvalue weighted by atomic mass is 35.5. The summed E-state index contributed by atoms with van der Waals surface area (Å²) in [7, 11) is 1.51. The smallest absolute Gasteiger partial charge is 0.318 e. The molecule has 6 heteroatoms. The molecular weight excluding hydrogens is 252 g/mol. The van der Waals surface area contributed by atoms with Crippen molar-refractivity contribution in [2.75, 3.05) is 12.4 Å². The summed E-state index contributed by atoms with van der Waals surface area (Å²) in [4.78, 5) is 12.2. The molecule has 0 aromatic carbocycles. The van der Waals surface area contributed by atoms with Crippen molar-refractivity contribution in [2.45, 2.75) is 13.0 Å². The lowest BCUT2D eigenvalue weighted by molar-refractivity contribution is 0.380. The van der Waals surface area contributed by atoms with Gasteiger partial charge in [-0.25, -0.2) is 4.98 Å². The lowest BCUT2D eigenvalue weighted by atomic mass is 10.1. The van der Waals surface area contributed by atoms with Gasteiger partial charge < -0.3 is 10.1 Å². The van der Waals surface area contributed by atoms with Crippen molar-refractivity contribution in [3.05, 3.63) is 41.3 Å². The van der Waals surface area contributed by atoms with Crippen LogP contribution in [-0.2, 0) is 0 Å². The number of pyridine rings is 1. The molecule has 1 unspecified atom stereocenters. The van der Waals surface area contributed by atoms with Crippen LogP contribution >= 0.6 is 11.6 Å². The van der Waals surface area contributed by atoms with Gasteiger partial charge >= 0.3 is 6.01 Å². The minimum Gasteiger partial charge on any atom is -0.467 e. The van der Waals surface area contributed by atoms with E-state index in [1.807, 2.05) is 19.1 Å². The van der Waals surface area contributed by atoms with Crippen LogP contribution in [-0.4, -0.2) is 22.1 Å². The highest BCUT2D eigenvalue weighted by Crippen LogP contribution is 2.24. The van der Waals surface area contributed by atoms with Crippen molar-refractivity contribution in [3.8, 4) is 6.01 Å². The third kappa shape index (κ3) is 2.87. The maximum atomic E-state index is 6.03. The molecule has 0 saturated carbocycles. The highest BCUT2D eigenvalue weighted by molar-refractivity contribution is 6.32. The minimum atomic E-state index is 0.0378. The molecule has 0 saturated heterocycles. The van der Waals surface area contributed by atoms with Gasteiger partial charge in [0.25, 0.3) is 0 Å². The zero-order valence-corrected chi connectivity index (χ0v) is 10.8. The first-order chi connectivity index (χ1) is 8.70. The van der Waals surface area contributed by atoms with Crippen LogP contribution < -0.4 is 10.1 Å². The standard InChI is InChI=1S/C12H13ClN4O/c1-8(9-4-3-5-14-6-9)16-11-10(13)7-15-12(17-11)18-2/h3-8H,1-2H3,(H,15,16,17). The molecule has 5 nitrogen and oxygen atoms in total. The van der Waals surface area contributed by atoms with Crippen LogP contribution in [0.4, 0.5) is 5.82 Å². The number of methoxy groups -OCH3 is 1. The van der Waals surface area contributed by atoms with Gasteiger partial charge in [0.05, 0.1) is 19.3 Å². The van der Waals surface area contributed by atoms with E-state index in [1.165, 1.54) is 13.3 Å². The highest BCUT2D eigenvalue weighted by Gasteiger charge is 2.10. The number of nitrogens with one attached hydrogen (secondary N) is 1. The van der Waals surface area contributed by atoms with Crippen molar-refractivity contribution in [2.24, 2.45) is 0 Å². The van der Waals surface area contributed by atoms with Crippen LogP contribution in [0.15, 0.2) is 30.7 Å². The maximum Gasteiger partial charge on any atom is 0.318 e. The molecule has 2 aromatic rings. The van der Waals surface area contributed by atoms with Gasteiger partial charge in [-0.15, -0.1) is 0 Å². The number of anilines is 1. The quantitative estimate of drug-likeness (QED) is 0.920. The Bertz CT molecular complexity index is 521. The molecule has 0 aliphatic carbocycles. The van der Waals surface area contributed by atoms with E-state index in [-0.39, 0.29) is 12.1 Å². The molecule has 0 radical (unpaired) electrons. The Morgan fingerprint density at radius 2 is 2.22 bits per heavy atom. The van der Waals surface area contributed by atoms with Crippen LogP contribution in [0, 0.1) is 0 Å². The van der Waals surface area contributed by atoms with E-state index >= 15 is 0 Å². The monoisotopic (exact) mass is 264 g/mol. The summed E-state index contributed by atoms with van der Waals surface area (Å²) in [5.41, 5.74) is 1.05. The Kier molecular flexibility index (Phi) is 3.94. The number of nitrogens with zero attached hydrogens (tertiary/aromatic N) is 3. The average molecular weight is 265 g/mol. The summed E-state index contributed by atoms with van der Waals surface area (Å²) in [6, 6.07) is 4.18. The third-order valence-corrected chi connectivity index (χ3v) is 2.72. The molecule has 0 aliphatic heterocycles. The first-order valence-electron chi connectivity index (χ1n) is 5.43. The number of rotatable bonds is 4. The summed E-state index contributed by atoms with van der Waals surface area (Å²) in [5, 5.41) is 3.65. The summed E-state index contributed by atoms with van der Waals surface area (Å²) in [6.07, 6.45) is 5.03. The minimum absolute atomic E-state index is 0.0378. The van der Waals surface area contributed by atoms with Crippen molar-refractivity contribution in [1.29, 1.82) is 0 Å². The van der Waals surface area contributed by atoms with E-state index in [0.717, 1.165) is 5.56 Å². The number of hydrogen-bond acceptors (Lipinski definition) is 5. The lowest BCUT2D eigenvalue weighted by Crippen LogP contribution is -2.09. The second-order valence-electron chi connectivity index (χ2n) is 3.71. The van der Waals surface area contributed by atoms with E-state index in [9.17, 15) is 0 Å². The van der Waals surface area contributed by atoms with Crippen LogP contribution in [0.3, 0.4) is 0 Å². The van der Waals surface area contributed by atoms with E-state index in [1.54, 1.807) is 12.4 Å². The van der Waals surface area contributed by atoms with E-state index in [2.05, 4.69) is 20.3 Å². The van der Waals surface area contributed by atoms with E-state index in [4.69, 9.17) is 16.3 Å². The van der Waals surface area contributed by atoms with Crippen molar-refractivity contribution >= 4 is 17.4 Å². The van der Waals surface area contributed by atoms with Crippen molar-refractivity contribution < 1.29 is 4.74 Å². The molecule has 94 valence electrons. The fraction of sp³-hybridized carbons (Fsp3) is 0.250. The molecule has 0 fully saturated rings. The second kappa shape index (κ2) is 5.64. The molecule has 0 bridgehead atoms. The summed E-state index contributed by atoms with van der Waals surface area (Å²) in [5.74, 6) is 0.542. The number of aromatic nitrogens is 3. The van der Waals surface area contributed by atoms with Gasteiger partial charge in [0.1, 0.15) is 5.02 Å². The van der Waals surface area contributed by atoms with Gasteiger partial charge in [0, 0.05) is 12.4 Å². The van der Waals surface area contributed by atoms with E-state index in [0.29, 0.717) is 10.8 Å². The second-order valence-corrected chi connectivity index (χ2v) is 4.11. The predicted molar refractivity (Wildman–Crippen MR) is 69.9 cm³/mol. The molecule has 18 heavy (non-hydrogen) atoms. The summed E-state index contributed by atoms with van der Waals surface area (Å²) in [6.45, 7) is 2.00. The van der Waals surface area contributed by atoms with Gasteiger partial charge in [-0.2, -0.15) is 4.98 Å². The van der Waals surface area contributed by atoms with Crippen LogP contribution in [0.25, 0.3) is 0 Å². The first-order valence-corrected chi connectivity index (χ1v) is 5.81. The van der Waals surface area contributed by atoms with Gasteiger partial charge in [-0.05, 0) is 18.6 Å². The van der Waals surface area contributed by atoms with Gasteiger partial charge in [-0.1, -0.05) is 17.7 Å². The fourth-order valence-electron chi connectivity index (χ4n) is 1.47. The van der Waals surface area contributed by atoms with Crippen molar-refractivity contribution in [3.63, 3.8) is 0 Å². The third-order valence-electron chi connectivity index (χ3n) is 2.44. The molecule has 1 N–H and O–H groups in total. The first kappa shape index (κ1) is 12.6. The van der Waals surface area contributed by atoms with Gasteiger partial charge in [-0.3, -0.25) is 4.98 Å². The lowest BCUT2D eigenvalue weighted by Gasteiger charge is -2.15. The largest absolute Gasteiger partial charge is 0.467 e. The van der Waals surface area contributed by atoms with E-state index < -0.39 is 0 Å². The molecule has 1 atom stereocenters. The fourth-order valence-corrected chi connectivity index (χ4v) is 1.62. The number of ether oxygens (including phenoxy) is 1. The average Bonchev–Trinajstić information content (AvgIpc) is 2.42. The Hall–Kier alpha value is -1.88. The maximum absolute atomic E-state index is 6.03. The summed E-state index contributed by atoms with van der Waals surface area (Å²) >= 11 is 6.03. The summed E-state index contributed by atoms with van der Waals surface area (Å²) < 4.78 is 4.96. The molecule has 0 spiro atoms. The molecule has 2 aromatic heterocycles. The topological polar surface area (TPSA) is 59.9 Å². The van der Waals surface area contributed by atoms with Crippen LogP contribution in [0.2, 0.25) is 5.02 Å². The Labute approximate surface area is 110 Å².